The number of benzene rings is 3. The fourth-order valence-corrected chi connectivity index (χ4v) is 4.69. The number of nitrogens with one attached hydrogen (secondary N) is 1. The normalized spacial score (nSPS) is 17.5. The number of carbonyl (C=O) groups excluding carboxylic acids is 1. The van der Waals surface area contributed by atoms with Gasteiger partial charge in [0.1, 0.15) is 23.2 Å². The Labute approximate surface area is 228 Å². The largest absolute Gasteiger partial charge is 0.497 e. The summed E-state index contributed by atoms with van der Waals surface area (Å²) in [6.07, 6.45) is 0.912. The van der Waals surface area contributed by atoms with Crippen molar-refractivity contribution >= 4 is 11.7 Å². The van der Waals surface area contributed by atoms with Gasteiger partial charge >= 0.3 is 5.97 Å². The van der Waals surface area contributed by atoms with Gasteiger partial charge in [-0.1, -0.05) is 42.5 Å². The van der Waals surface area contributed by atoms with Gasteiger partial charge in [0.15, 0.2) is 6.10 Å². The van der Waals surface area contributed by atoms with Crippen molar-refractivity contribution in [2.45, 2.75) is 44.6 Å². The lowest BCUT2D eigenvalue weighted by atomic mass is 9.87. The first-order valence-electron chi connectivity index (χ1n) is 13.0. The first-order valence-corrected chi connectivity index (χ1v) is 13.0. The molecule has 0 radical (unpaired) electrons. The fourth-order valence-electron chi connectivity index (χ4n) is 4.69. The molecule has 0 amide bonds. The van der Waals surface area contributed by atoms with Crippen LogP contribution < -0.4 is 14.8 Å². The number of hydrogen-bond donors (Lipinski definition) is 1. The second-order valence-corrected chi connectivity index (χ2v) is 9.99. The van der Waals surface area contributed by atoms with Gasteiger partial charge in [0.2, 0.25) is 5.76 Å². The Hall–Kier alpha value is -4.23. The molecule has 39 heavy (non-hydrogen) atoms. The van der Waals surface area contributed by atoms with Crippen LogP contribution in [0, 0.1) is 0 Å². The number of rotatable bonds is 10. The van der Waals surface area contributed by atoms with Crippen molar-refractivity contribution < 1.29 is 28.2 Å². The van der Waals surface area contributed by atoms with Gasteiger partial charge in [-0.3, -0.25) is 0 Å². The summed E-state index contributed by atoms with van der Waals surface area (Å²) in [4.78, 5) is 12.9. The molecule has 1 N–H and O–H groups in total. The van der Waals surface area contributed by atoms with Gasteiger partial charge in [0.25, 0.3) is 0 Å². The molecule has 1 aliphatic rings. The third-order valence-corrected chi connectivity index (χ3v) is 6.79. The van der Waals surface area contributed by atoms with E-state index in [1.807, 2.05) is 74.5 Å². The highest BCUT2D eigenvalue weighted by Gasteiger charge is 2.47. The summed E-state index contributed by atoms with van der Waals surface area (Å²) >= 11 is 0. The average molecular weight is 528 g/mol. The van der Waals surface area contributed by atoms with Crippen molar-refractivity contribution in [3.05, 3.63) is 114 Å². The molecule has 1 aliphatic heterocycles. The highest BCUT2D eigenvalue weighted by atomic mass is 16.6. The molecule has 0 aliphatic carbocycles. The zero-order valence-corrected chi connectivity index (χ0v) is 22.4. The number of hydrogen-bond acceptors (Lipinski definition) is 7. The molecule has 7 heteroatoms. The van der Waals surface area contributed by atoms with E-state index in [0.29, 0.717) is 18.9 Å². The van der Waals surface area contributed by atoms with Gasteiger partial charge in [0.05, 0.1) is 20.0 Å². The monoisotopic (exact) mass is 527 g/mol. The van der Waals surface area contributed by atoms with Crippen LogP contribution in [-0.2, 0) is 22.4 Å². The van der Waals surface area contributed by atoms with E-state index in [4.69, 9.17) is 23.4 Å². The van der Waals surface area contributed by atoms with Crippen LogP contribution in [0.4, 0.5) is 5.69 Å². The van der Waals surface area contributed by atoms with E-state index in [1.165, 1.54) is 11.8 Å². The third-order valence-electron chi connectivity index (χ3n) is 6.79. The highest BCUT2D eigenvalue weighted by Crippen LogP contribution is 2.44. The fraction of sp³-hybridized carbons (Fsp3) is 0.281. The summed E-state index contributed by atoms with van der Waals surface area (Å²) in [5.74, 6) is 1.09. The Bertz CT molecular complexity index is 1370. The first-order chi connectivity index (χ1) is 18.9. The molecule has 2 unspecified atom stereocenters. The summed E-state index contributed by atoms with van der Waals surface area (Å²) < 4.78 is 29.4. The van der Waals surface area contributed by atoms with Crippen LogP contribution in [0.2, 0.25) is 0 Å². The standard InChI is InChI=1S/C32H33NO6/c1-32(2)30(38-31(34)28-10-7-18-36-28)29(37-19-17-22-8-5-4-6-9-22)26-20-24(13-16-27(26)39-32)33-21-23-11-14-25(35-3)15-12-23/h4-16,18,20,29-30,33H,17,19,21H2,1-3H3. The number of furan rings is 1. The minimum atomic E-state index is -0.843. The molecule has 1 aromatic heterocycles. The molecule has 0 spiro atoms. The van der Waals surface area contributed by atoms with E-state index >= 15 is 0 Å². The molecule has 3 aromatic carbocycles. The maximum Gasteiger partial charge on any atom is 0.374 e. The summed E-state index contributed by atoms with van der Waals surface area (Å²) in [5.41, 5.74) is 3.17. The second-order valence-electron chi connectivity index (χ2n) is 9.99. The van der Waals surface area contributed by atoms with Gasteiger partial charge in [-0.25, -0.2) is 4.79 Å². The lowest BCUT2D eigenvalue weighted by molar-refractivity contribution is -0.140. The number of esters is 1. The molecule has 0 saturated carbocycles. The van der Waals surface area contributed by atoms with E-state index in [9.17, 15) is 4.79 Å². The van der Waals surface area contributed by atoms with Crippen LogP contribution in [0.3, 0.4) is 0 Å². The zero-order chi connectivity index (χ0) is 27.2. The summed E-state index contributed by atoms with van der Waals surface area (Å²) in [6, 6.07) is 27.2. The number of anilines is 1. The Morgan fingerprint density at radius 1 is 0.949 bits per heavy atom. The van der Waals surface area contributed by atoms with E-state index in [2.05, 4.69) is 17.4 Å². The number of fused-ring (bicyclic) bond motifs is 1. The molecule has 0 bridgehead atoms. The van der Waals surface area contributed by atoms with E-state index < -0.39 is 23.8 Å². The molecule has 2 heterocycles. The topological polar surface area (TPSA) is 79.2 Å². The highest BCUT2D eigenvalue weighted by molar-refractivity contribution is 5.86. The van der Waals surface area contributed by atoms with E-state index in [0.717, 1.165) is 29.0 Å². The van der Waals surface area contributed by atoms with E-state index in [-0.39, 0.29) is 5.76 Å². The van der Waals surface area contributed by atoms with Crippen molar-refractivity contribution in [2.24, 2.45) is 0 Å². The Morgan fingerprint density at radius 3 is 2.46 bits per heavy atom. The van der Waals surface area contributed by atoms with Crippen molar-refractivity contribution in [2.75, 3.05) is 19.0 Å². The zero-order valence-electron chi connectivity index (χ0n) is 22.4. The molecule has 202 valence electrons. The Balaban J connectivity index is 1.39. The minimum Gasteiger partial charge on any atom is -0.497 e. The van der Waals surface area contributed by atoms with Gasteiger partial charge in [-0.2, -0.15) is 0 Å². The SMILES string of the molecule is COc1ccc(CNc2ccc3c(c2)C(OCCc2ccccc2)C(OC(=O)c2ccco2)C(C)(C)O3)cc1. The van der Waals surface area contributed by atoms with Crippen LogP contribution in [0.25, 0.3) is 0 Å². The van der Waals surface area contributed by atoms with Crippen LogP contribution >= 0.6 is 0 Å². The lowest BCUT2D eigenvalue weighted by Gasteiger charge is -2.43. The molecule has 2 atom stereocenters. The molecule has 0 fully saturated rings. The number of ether oxygens (including phenoxy) is 4. The van der Waals surface area contributed by atoms with Gasteiger partial charge in [-0.15, -0.1) is 0 Å². The van der Waals surface area contributed by atoms with Crippen molar-refractivity contribution in [3.63, 3.8) is 0 Å². The maximum atomic E-state index is 12.9. The predicted molar refractivity (Wildman–Crippen MR) is 148 cm³/mol. The molecule has 4 aromatic rings. The maximum absolute atomic E-state index is 12.9. The van der Waals surface area contributed by atoms with Crippen LogP contribution in [0.1, 0.15) is 47.2 Å². The quantitative estimate of drug-likeness (QED) is 0.233. The Kier molecular flexibility index (Phi) is 7.89. The van der Waals surface area contributed by atoms with E-state index in [1.54, 1.807) is 19.2 Å². The summed E-state index contributed by atoms with van der Waals surface area (Å²) in [7, 11) is 1.65. The van der Waals surface area contributed by atoms with Crippen LogP contribution in [-0.4, -0.2) is 31.4 Å². The van der Waals surface area contributed by atoms with Crippen molar-refractivity contribution in [1.82, 2.24) is 0 Å². The Morgan fingerprint density at radius 2 is 1.74 bits per heavy atom. The van der Waals surface area contributed by atoms with Crippen molar-refractivity contribution in [3.8, 4) is 11.5 Å². The second kappa shape index (κ2) is 11.7. The number of carbonyl (C=O) groups is 1. The van der Waals surface area contributed by atoms with Crippen LogP contribution in [0.15, 0.2) is 95.6 Å². The number of methoxy groups -OCH3 is 1. The van der Waals surface area contributed by atoms with Gasteiger partial charge in [0, 0.05) is 17.8 Å². The minimum absolute atomic E-state index is 0.134. The third kappa shape index (κ3) is 6.26. The molecule has 7 nitrogen and oxygen atoms in total. The lowest BCUT2D eigenvalue weighted by Crippen LogP contribution is -2.51. The van der Waals surface area contributed by atoms with Gasteiger partial charge in [-0.05, 0) is 73.9 Å². The van der Waals surface area contributed by atoms with Crippen LogP contribution in [0.5, 0.6) is 11.5 Å². The molecular formula is C32H33NO6. The summed E-state index contributed by atoms with van der Waals surface area (Å²) in [5, 5.41) is 3.48. The predicted octanol–water partition coefficient (Wildman–Crippen LogP) is 6.60. The van der Waals surface area contributed by atoms with Gasteiger partial charge < -0.3 is 28.7 Å². The summed E-state index contributed by atoms with van der Waals surface area (Å²) in [6.45, 7) is 4.88. The first kappa shape index (κ1) is 26.4. The molecule has 5 rings (SSSR count). The smallest absolute Gasteiger partial charge is 0.374 e. The van der Waals surface area contributed by atoms with Crippen molar-refractivity contribution in [1.29, 1.82) is 0 Å². The molecule has 0 saturated heterocycles. The average Bonchev–Trinajstić information content (AvgIpc) is 3.50. The molecular weight excluding hydrogens is 494 g/mol.